The fraction of sp³-hybridized carbons (Fsp3) is 0.0500. The molecule has 4 aromatic rings. The third-order valence-electron chi connectivity index (χ3n) is 3.92. The van der Waals surface area contributed by atoms with Crippen molar-refractivity contribution < 1.29 is 22.4 Å². The number of alkyl halides is 3. The van der Waals surface area contributed by atoms with E-state index < -0.39 is 11.7 Å². The van der Waals surface area contributed by atoms with Crippen LogP contribution < -0.4 is 4.74 Å². The second-order valence-corrected chi connectivity index (χ2v) is 6.38. The lowest BCUT2D eigenvalue weighted by atomic mass is 10.2. The van der Waals surface area contributed by atoms with E-state index in [1.807, 2.05) is 0 Å². The van der Waals surface area contributed by atoms with Gasteiger partial charge < -0.3 is 9.26 Å². The van der Waals surface area contributed by atoms with Crippen LogP contribution >= 0.6 is 11.6 Å². The largest absolute Gasteiger partial charge is 0.439 e. The summed E-state index contributed by atoms with van der Waals surface area (Å²) in [6.07, 6.45) is -3.72. The molecule has 0 saturated heterocycles. The molecular formula is C20H11ClF3N3O2. The Morgan fingerprint density at radius 1 is 0.862 bits per heavy atom. The first kappa shape index (κ1) is 18.9. The zero-order valence-corrected chi connectivity index (χ0v) is 15.3. The molecule has 0 aliphatic heterocycles. The first-order valence-electron chi connectivity index (χ1n) is 8.30. The van der Waals surface area contributed by atoms with Crippen molar-refractivity contribution in [2.75, 3.05) is 0 Å². The molecule has 0 atom stereocenters. The van der Waals surface area contributed by atoms with Gasteiger partial charge in [-0.3, -0.25) is 0 Å². The number of rotatable bonds is 4. The molecule has 0 bridgehead atoms. The van der Waals surface area contributed by atoms with Gasteiger partial charge in [0.1, 0.15) is 5.75 Å². The Morgan fingerprint density at radius 3 is 2.17 bits per heavy atom. The lowest BCUT2D eigenvalue weighted by molar-refractivity contribution is -0.137. The van der Waals surface area contributed by atoms with Gasteiger partial charge in [0.05, 0.1) is 5.56 Å². The lowest BCUT2D eigenvalue weighted by Gasteiger charge is -2.08. The third-order valence-corrected chi connectivity index (χ3v) is 4.17. The van der Waals surface area contributed by atoms with Crippen LogP contribution in [-0.2, 0) is 6.18 Å². The van der Waals surface area contributed by atoms with Gasteiger partial charge in [0.15, 0.2) is 0 Å². The van der Waals surface area contributed by atoms with Crippen molar-refractivity contribution in [2.45, 2.75) is 6.18 Å². The molecule has 9 heteroatoms. The van der Waals surface area contributed by atoms with Crippen molar-refractivity contribution in [3.63, 3.8) is 0 Å². The van der Waals surface area contributed by atoms with Crippen molar-refractivity contribution in [2.24, 2.45) is 0 Å². The first-order chi connectivity index (χ1) is 13.9. The fourth-order valence-corrected chi connectivity index (χ4v) is 2.58. The normalized spacial score (nSPS) is 11.4. The van der Waals surface area contributed by atoms with Gasteiger partial charge >= 0.3 is 6.18 Å². The molecule has 2 aromatic carbocycles. The molecule has 0 saturated carbocycles. The van der Waals surface area contributed by atoms with Gasteiger partial charge in [0.2, 0.25) is 11.7 Å². The number of hydrogen-bond acceptors (Lipinski definition) is 5. The number of hydrogen-bond donors (Lipinski definition) is 0. The first-order valence-corrected chi connectivity index (χ1v) is 8.67. The zero-order chi connectivity index (χ0) is 20.4. The summed E-state index contributed by atoms with van der Waals surface area (Å²) in [5.41, 5.74) is 0.581. The maximum Gasteiger partial charge on any atom is 0.417 e. The summed E-state index contributed by atoms with van der Waals surface area (Å²) in [5.74, 6) is 1.19. The molecule has 0 fully saturated rings. The minimum atomic E-state index is -4.44. The van der Waals surface area contributed by atoms with Gasteiger partial charge in [-0.05, 0) is 54.6 Å². The quantitative estimate of drug-likeness (QED) is 0.392. The summed E-state index contributed by atoms with van der Waals surface area (Å²) in [6.45, 7) is 0. The summed E-state index contributed by atoms with van der Waals surface area (Å²) in [7, 11) is 0. The van der Waals surface area contributed by atoms with E-state index in [1.54, 1.807) is 48.5 Å². The van der Waals surface area contributed by atoms with Gasteiger partial charge in [-0.1, -0.05) is 16.8 Å². The van der Waals surface area contributed by atoms with Crippen molar-refractivity contribution in [1.82, 2.24) is 15.1 Å². The molecule has 0 unspecified atom stereocenters. The highest BCUT2D eigenvalue weighted by molar-refractivity contribution is 6.30. The smallest absolute Gasteiger partial charge is 0.417 e. The fourth-order valence-electron chi connectivity index (χ4n) is 2.45. The summed E-state index contributed by atoms with van der Waals surface area (Å²) in [4.78, 5) is 8.02. The van der Waals surface area contributed by atoms with Crippen LogP contribution in [0.5, 0.6) is 11.6 Å². The van der Waals surface area contributed by atoms with E-state index in [0.29, 0.717) is 28.1 Å². The van der Waals surface area contributed by atoms with E-state index in [-0.39, 0.29) is 5.88 Å². The van der Waals surface area contributed by atoms with Gasteiger partial charge in [-0.25, -0.2) is 4.98 Å². The van der Waals surface area contributed by atoms with Crippen molar-refractivity contribution in [3.8, 4) is 34.5 Å². The van der Waals surface area contributed by atoms with Crippen LogP contribution in [0.3, 0.4) is 0 Å². The Morgan fingerprint density at radius 2 is 1.55 bits per heavy atom. The van der Waals surface area contributed by atoms with Crippen molar-refractivity contribution in [3.05, 3.63) is 77.4 Å². The number of ether oxygens (including phenoxy) is 1. The average Bonchev–Trinajstić information content (AvgIpc) is 3.19. The highest BCUT2D eigenvalue weighted by atomic mass is 35.5. The van der Waals surface area contributed by atoms with Crippen molar-refractivity contribution in [1.29, 1.82) is 0 Å². The third kappa shape index (κ3) is 4.38. The number of aromatic nitrogens is 3. The molecule has 2 heterocycles. The molecule has 146 valence electrons. The van der Waals surface area contributed by atoms with E-state index in [2.05, 4.69) is 15.1 Å². The number of nitrogens with zero attached hydrogens (tertiary/aromatic N) is 3. The van der Waals surface area contributed by atoms with Gasteiger partial charge in [0.25, 0.3) is 5.89 Å². The number of benzene rings is 2. The molecule has 0 N–H and O–H groups in total. The number of halogens is 4. The molecular weight excluding hydrogens is 407 g/mol. The molecule has 5 nitrogen and oxygen atoms in total. The van der Waals surface area contributed by atoms with Crippen LogP contribution in [0.15, 0.2) is 71.4 Å². The van der Waals surface area contributed by atoms with Gasteiger partial charge in [-0.2, -0.15) is 18.2 Å². The van der Waals surface area contributed by atoms with Gasteiger partial charge in [0, 0.05) is 28.4 Å². The minimum absolute atomic E-state index is 0.0512. The average molecular weight is 418 g/mol. The molecule has 0 aliphatic rings. The second kappa shape index (κ2) is 7.56. The van der Waals surface area contributed by atoms with E-state index in [9.17, 15) is 13.2 Å². The lowest BCUT2D eigenvalue weighted by Crippen LogP contribution is -2.05. The SMILES string of the molecule is FC(F)(F)c1ccc(Oc2ccc(-c3noc(-c4ccc(Cl)cc4)n3)cc2)nc1. The second-order valence-electron chi connectivity index (χ2n) is 5.94. The van der Waals surface area contributed by atoms with E-state index in [1.165, 1.54) is 0 Å². The monoisotopic (exact) mass is 417 g/mol. The molecule has 2 aromatic heterocycles. The van der Waals surface area contributed by atoms with Crippen LogP contribution in [0.25, 0.3) is 22.8 Å². The highest BCUT2D eigenvalue weighted by Crippen LogP contribution is 2.30. The Balaban J connectivity index is 1.47. The maximum atomic E-state index is 12.6. The Hall–Kier alpha value is -3.39. The van der Waals surface area contributed by atoms with E-state index in [4.69, 9.17) is 20.9 Å². The molecule has 4 rings (SSSR count). The van der Waals surface area contributed by atoms with Crippen LogP contribution in [0.4, 0.5) is 13.2 Å². The summed E-state index contributed by atoms with van der Waals surface area (Å²) >= 11 is 5.87. The number of pyridine rings is 1. The standard InChI is InChI=1S/C20H11ClF3N3O2/c21-15-6-1-13(2-7-15)19-26-18(27-29-19)12-3-8-16(9-4-12)28-17-10-5-14(11-25-17)20(22,23)24/h1-11H. The highest BCUT2D eigenvalue weighted by Gasteiger charge is 2.30. The molecule has 0 spiro atoms. The zero-order valence-electron chi connectivity index (χ0n) is 14.5. The maximum absolute atomic E-state index is 12.6. The molecule has 0 radical (unpaired) electrons. The van der Waals surface area contributed by atoms with Gasteiger partial charge in [-0.15, -0.1) is 0 Å². The molecule has 0 aliphatic carbocycles. The predicted molar refractivity (Wildman–Crippen MR) is 99.5 cm³/mol. The topological polar surface area (TPSA) is 61.0 Å². The minimum Gasteiger partial charge on any atom is -0.439 e. The van der Waals surface area contributed by atoms with Crippen LogP contribution in [0.2, 0.25) is 5.02 Å². The summed E-state index contributed by atoms with van der Waals surface area (Å²) in [6, 6.07) is 15.7. The van der Waals surface area contributed by atoms with Crippen LogP contribution in [0, 0.1) is 0 Å². The van der Waals surface area contributed by atoms with Crippen LogP contribution in [0.1, 0.15) is 5.56 Å². The predicted octanol–water partition coefficient (Wildman–Crippen LogP) is 6.26. The Kier molecular flexibility index (Phi) is 4.94. The summed E-state index contributed by atoms with van der Waals surface area (Å²) in [5, 5.41) is 4.56. The molecule has 29 heavy (non-hydrogen) atoms. The molecule has 0 amide bonds. The van der Waals surface area contributed by atoms with Crippen molar-refractivity contribution >= 4 is 11.6 Å². The Bertz CT molecular complexity index is 1110. The summed E-state index contributed by atoms with van der Waals surface area (Å²) < 4.78 is 48.5. The van der Waals surface area contributed by atoms with Crippen LogP contribution in [-0.4, -0.2) is 15.1 Å². The Labute approximate surface area is 167 Å². The van der Waals surface area contributed by atoms with E-state index >= 15 is 0 Å². The van der Waals surface area contributed by atoms with E-state index in [0.717, 1.165) is 23.9 Å².